The molecule has 2 atom stereocenters. The molecular weight excluding hydrogens is 514 g/mol. The van der Waals surface area contributed by atoms with Crippen LogP contribution >= 0.6 is 0 Å². The minimum Gasteiger partial charge on any atom is -0.443 e. The molecule has 40 heavy (non-hydrogen) atoms. The number of alkyl carbamates (subject to hydrolysis) is 1. The standard InChI is InChI=1S/C27H37N7O5.CH4/c1-17(2)13-20(23(28)35)31-26(37)39-15-19-11-8-12-22-32-33-24(34(19)22)21(30-25(36)27(3,4)29)16-38-14-18-9-6-5-7-10-18;/h5-12,17,20-21H,13-16,29H2,1-4H3,(H2,28,35)(H,30,36)(H,31,37);1H4/t20-,21-;/m1./s1. The van der Waals surface area contributed by atoms with Gasteiger partial charge in [-0.3, -0.25) is 14.0 Å². The number of rotatable bonds is 13. The van der Waals surface area contributed by atoms with E-state index < -0.39 is 35.5 Å². The van der Waals surface area contributed by atoms with E-state index in [1.54, 1.807) is 36.4 Å². The number of hydrogen-bond acceptors (Lipinski definition) is 8. The van der Waals surface area contributed by atoms with Crippen molar-refractivity contribution in [1.82, 2.24) is 25.2 Å². The van der Waals surface area contributed by atoms with Crippen LogP contribution in [0.2, 0.25) is 0 Å². The zero-order valence-electron chi connectivity index (χ0n) is 22.7. The van der Waals surface area contributed by atoms with Crippen LogP contribution in [0.3, 0.4) is 0 Å². The summed E-state index contributed by atoms with van der Waals surface area (Å²) in [5, 5.41) is 14.0. The molecular formula is C28H41N7O5. The Labute approximate surface area is 234 Å². The Morgan fingerprint density at radius 1 is 1.00 bits per heavy atom. The number of nitrogens with one attached hydrogen (secondary N) is 2. The van der Waals surface area contributed by atoms with Gasteiger partial charge in [-0.2, -0.15) is 0 Å². The average Bonchev–Trinajstić information content (AvgIpc) is 3.31. The number of carbonyl (C=O) groups excluding carboxylic acids is 3. The van der Waals surface area contributed by atoms with Gasteiger partial charge in [0.15, 0.2) is 11.5 Å². The van der Waals surface area contributed by atoms with E-state index in [-0.39, 0.29) is 26.6 Å². The molecule has 0 unspecified atom stereocenters. The lowest BCUT2D eigenvalue weighted by atomic mass is 10.0. The van der Waals surface area contributed by atoms with Gasteiger partial charge >= 0.3 is 6.09 Å². The van der Waals surface area contributed by atoms with Gasteiger partial charge in [0.05, 0.1) is 24.4 Å². The van der Waals surface area contributed by atoms with Crippen molar-refractivity contribution >= 4 is 23.6 Å². The predicted octanol–water partition coefficient (Wildman–Crippen LogP) is 2.60. The topological polar surface area (TPSA) is 176 Å². The largest absolute Gasteiger partial charge is 0.443 e. The third-order valence-electron chi connectivity index (χ3n) is 5.83. The van der Waals surface area contributed by atoms with E-state index >= 15 is 0 Å². The van der Waals surface area contributed by atoms with Crippen LogP contribution in [0.1, 0.15) is 64.7 Å². The number of nitrogens with zero attached hydrogens (tertiary/aromatic N) is 3. The molecule has 12 nitrogen and oxygen atoms in total. The number of nitrogens with two attached hydrogens (primary N) is 2. The van der Waals surface area contributed by atoms with Gasteiger partial charge in [-0.15, -0.1) is 10.2 Å². The van der Waals surface area contributed by atoms with E-state index in [9.17, 15) is 14.4 Å². The van der Waals surface area contributed by atoms with E-state index in [2.05, 4.69) is 20.8 Å². The number of benzene rings is 1. The second kappa shape index (κ2) is 14.4. The van der Waals surface area contributed by atoms with Gasteiger partial charge in [-0.25, -0.2) is 4.79 Å². The van der Waals surface area contributed by atoms with Gasteiger partial charge in [0.2, 0.25) is 11.8 Å². The van der Waals surface area contributed by atoms with Gasteiger partial charge in [0.25, 0.3) is 0 Å². The fourth-order valence-electron chi connectivity index (χ4n) is 3.80. The summed E-state index contributed by atoms with van der Waals surface area (Å²) < 4.78 is 13.0. The molecule has 218 valence electrons. The van der Waals surface area contributed by atoms with Crippen molar-refractivity contribution in [3.63, 3.8) is 0 Å². The zero-order chi connectivity index (χ0) is 28.6. The Morgan fingerprint density at radius 3 is 2.33 bits per heavy atom. The average molecular weight is 556 g/mol. The first-order valence-electron chi connectivity index (χ1n) is 12.7. The molecule has 3 rings (SSSR count). The molecule has 0 aliphatic heterocycles. The Hall–Kier alpha value is -4.03. The van der Waals surface area contributed by atoms with Crippen LogP contribution in [0.5, 0.6) is 0 Å². The van der Waals surface area contributed by atoms with Gasteiger partial charge in [0.1, 0.15) is 18.7 Å². The quantitative estimate of drug-likeness (QED) is 0.249. The lowest BCUT2D eigenvalue weighted by Crippen LogP contribution is -2.51. The highest BCUT2D eigenvalue weighted by atomic mass is 16.5. The molecule has 2 heterocycles. The molecule has 0 saturated heterocycles. The van der Waals surface area contributed by atoms with Crippen molar-refractivity contribution in [2.75, 3.05) is 6.61 Å². The van der Waals surface area contributed by atoms with Crippen molar-refractivity contribution in [3.8, 4) is 0 Å². The monoisotopic (exact) mass is 555 g/mol. The molecule has 0 spiro atoms. The number of amides is 3. The maximum Gasteiger partial charge on any atom is 0.408 e. The number of carbonyl (C=O) groups is 3. The predicted molar refractivity (Wildman–Crippen MR) is 151 cm³/mol. The fraction of sp³-hybridized carbons (Fsp3) is 0.464. The number of fused-ring (bicyclic) bond motifs is 1. The van der Waals surface area contributed by atoms with Gasteiger partial charge in [-0.1, -0.05) is 57.7 Å². The summed E-state index contributed by atoms with van der Waals surface area (Å²) in [6.07, 6.45) is -0.399. The smallest absolute Gasteiger partial charge is 0.408 e. The van der Waals surface area contributed by atoms with Crippen molar-refractivity contribution in [1.29, 1.82) is 0 Å². The van der Waals surface area contributed by atoms with Crippen LogP contribution in [0.15, 0.2) is 48.5 Å². The number of aromatic nitrogens is 3. The lowest BCUT2D eigenvalue weighted by molar-refractivity contribution is -0.126. The van der Waals surface area contributed by atoms with E-state index in [0.29, 0.717) is 30.2 Å². The molecule has 1 aromatic carbocycles. The Kier molecular flexibility index (Phi) is 11.6. The lowest BCUT2D eigenvalue weighted by Gasteiger charge is -2.24. The maximum absolute atomic E-state index is 12.8. The number of pyridine rings is 1. The van der Waals surface area contributed by atoms with E-state index in [0.717, 1.165) is 5.56 Å². The third-order valence-corrected chi connectivity index (χ3v) is 5.83. The van der Waals surface area contributed by atoms with E-state index in [1.807, 2.05) is 44.2 Å². The molecule has 3 amide bonds. The summed E-state index contributed by atoms with van der Waals surface area (Å²) >= 11 is 0. The second-order valence-corrected chi connectivity index (χ2v) is 10.3. The van der Waals surface area contributed by atoms with E-state index in [4.69, 9.17) is 20.9 Å². The molecule has 2 aromatic heterocycles. The molecule has 0 bridgehead atoms. The number of hydrogen-bond donors (Lipinski definition) is 4. The Bertz CT molecular complexity index is 1270. The first-order valence-corrected chi connectivity index (χ1v) is 12.7. The minimum atomic E-state index is -1.14. The van der Waals surface area contributed by atoms with Crippen molar-refractivity contribution in [3.05, 3.63) is 65.6 Å². The molecule has 0 aliphatic rings. The fourth-order valence-corrected chi connectivity index (χ4v) is 3.80. The highest BCUT2D eigenvalue weighted by molar-refractivity contribution is 5.85. The van der Waals surface area contributed by atoms with Crippen LogP contribution in [-0.4, -0.2) is 50.7 Å². The molecule has 6 N–H and O–H groups in total. The van der Waals surface area contributed by atoms with Crippen LogP contribution in [0, 0.1) is 5.92 Å². The molecule has 0 saturated carbocycles. The first-order chi connectivity index (χ1) is 18.5. The van der Waals surface area contributed by atoms with Crippen LogP contribution < -0.4 is 22.1 Å². The summed E-state index contributed by atoms with van der Waals surface area (Å²) in [5.74, 6) is -0.514. The summed E-state index contributed by atoms with van der Waals surface area (Å²) in [6.45, 7) is 7.29. The number of ether oxygens (including phenoxy) is 2. The van der Waals surface area contributed by atoms with Crippen LogP contribution in [0.25, 0.3) is 5.65 Å². The van der Waals surface area contributed by atoms with Crippen LogP contribution in [-0.2, 0) is 32.3 Å². The molecule has 0 radical (unpaired) electrons. The van der Waals surface area contributed by atoms with Crippen molar-refractivity contribution in [2.45, 2.75) is 72.4 Å². The summed E-state index contributed by atoms with van der Waals surface area (Å²) in [5.41, 5.74) is 12.3. The highest BCUT2D eigenvalue weighted by Crippen LogP contribution is 2.19. The molecule has 12 heteroatoms. The normalized spacial score (nSPS) is 12.8. The van der Waals surface area contributed by atoms with Crippen molar-refractivity contribution in [2.24, 2.45) is 17.4 Å². The summed E-state index contributed by atoms with van der Waals surface area (Å²) in [7, 11) is 0. The molecule has 0 fully saturated rings. The Morgan fingerprint density at radius 2 is 1.70 bits per heavy atom. The number of primary amides is 1. The van der Waals surface area contributed by atoms with Gasteiger partial charge in [-0.05, 0) is 43.9 Å². The third kappa shape index (κ3) is 9.02. The Balaban J connectivity index is 0.00000560. The maximum atomic E-state index is 12.8. The first kappa shape index (κ1) is 32.2. The minimum absolute atomic E-state index is 0. The molecule has 0 aliphatic carbocycles. The van der Waals surface area contributed by atoms with Crippen LogP contribution in [0.4, 0.5) is 4.79 Å². The summed E-state index contributed by atoms with van der Waals surface area (Å²) in [6, 6.07) is 13.3. The van der Waals surface area contributed by atoms with Crippen molar-refractivity contribution < 1.29 is 23.9 Å². The van der Waals surface area contributed by atoms with E-state index in [1.165, 1.54) is 0 Å². The highest BCUT2D eigenvalue weighted by Gasteiger charge is 2.29. The van der Waals surface area contributed by atoms with Gasteiger partial charge in [0, 0.05) is 0 Å². The SMILES string of the molecule is C.CC(C)C[C@@H](NC(=O)OCc1cccc2nnc([C@@H](COCc3ccccc3)NC(=O)C(C)(C)N)n12)C(N)=O. The summed E-state index contributed by atoms with van der Waals surface area (Å²) in [4.78, 5) is 37.0. The zero-order valence-corrected chi connectivity index (χ0v) is 22.7. The van der Waals surface area contributed by atoms with Gasteiger partial charge < -0.3 is 31.6 Å². The second-order valence-electron chi connectivity index (χ2n) is 10.3. The molecule has 3 aromatic rings.